The Hall–Kier alpha value is -1.89. The molecular weight excluding hydrogens is 391 g/mol. The first-order chi connectivity index (χ1) is 11.7. The van der Waals surface area contributed by atoms with Gasteiger partial charge in [0, 0.05) is 23.8 Å². The highest BCUT2D eigenvalue weighted by Gasteiger charge is 2.31. The number of halogens is 2. The molecule has 0 bridgehead atoms. The third kappa shape index (κ3) is 3.71. The highest BCUT2D eigenvalue weighted by molar-refractivity contribution is 9.10. The Morgan fingerprint density at radius 1 is 1.36 bits per heavy atom. The zero-order valence-corrected chi connectivity index (χ0v) is 16.0. The van der Waals surface area contributed by atoms with E-state index in [1.54, 1.807) is 23.2 Å². The molecule has 1 unspecified atom stereocenters. The van der Waals surface area contributed by atoms with E-state index in [4.69, 9.17) is 4.74 Å². The van der Waals surface area contributed by atoms with Gasteiger partial charge in [0.1, 0.15) is 11.4 Å². The Kier molecular flexibility index (Phi) is 4.62. The van der Waals surface area contributed by atoms with E-state index in [0.29, 0.717) is 29.4 Å². The van der Waals surface area contributed by atoms with Crippen molar-refractivity contribution in [1.29, 1.82) is 0 Å². The second-order valence-electron chi connectivity index (χ2n) is 7.25. The Labute approximate surface area is 153 Å². The Balaban J connectivity index is 1.88. The van der Waals surface area contributed by atoms with Crippen molar-refractivity contribution >= 4 is 32.8 Å². The molecule has 7 heteroatoms. The van der Waals surface area contributed by atoms with Crippen LogP contribution in [0.25, 0.3) is 10.8 Å². The predicted molar refractivity (Wildman–Crippen MR) is 97.3 cm³/mol. The molecular formula is C18H20BrFN2O3. The fourth-order valence-corrected chi connectivity index (χ4v) is 3.50. The number of carbonyl (C=O) groups excluding carboxylic acids is 1. The number of amides is 1. The number of likely N-dealkylation sites (tertiary alicyclic amines) is 1. The first-order valence-corrected chi connectivity index (χ1v) is 8.93. The van der Waals surface area contributed by atoms with Gasteiger partial charge in [0.15, 0.2) is 0 Å². The van der Waals surface area contributed by atoms with Crippen LogP contribution in [0.2, 0.25) is 0 Å². The van der Waals surface area contributed by atoms with E-state index in [0.717, 1.165) is 0 Å². The summed E-state index contributed by atoms with van der Waals surface area (Å²) in [6, 6.07) is 4.54. The standard InChI is InChI=1S/C18H20BrFN2O3/c1-18(2,3)25-17(24)21-6-5-13(10-21)22-7-4-11-8-12(19)9-14(20)15(11)16(22)23/h4,7-9,13H,5-6,10H2,1-3H3. The number of hydrogen-bond acceptors (Lipinski definition) is 3. The molecule has 2 aromatic rings. The van der Waals surface area contributed by atoms with Gasteiger partial charge in [0.25, 0.3) is 5.56 Å². The Bertz CT molecular complexity index is 888. The molecule has 1 aliphatic rings. The second kappa shape index (κ2) is 6.44. The molecule has 0 aliphatic carbocycles. The van der Waals surface area contributed by atoms with E-state index in [2.05, 4.69) is 15.9 Å². The zero-order chi connectivity index (χ0) is 18.4. The van der Waals surface area contributed by atoms with Crippen molar-refractivity contribution in [2.45, 2.75) is 38.8 Å². The molecule has 0 saturated carbocycles. The van der Waals surface area contributed by atoms with Crippen molar-refractivity contribution in [3.63, 3.8) is 0 Å². The Morgan fingerprint density at radius 2 is 2.08 bits per heavy atom. The maximum atomic E-state index is 14.2. The van der Waals surface area contributed by atoms with E-state index in [-0.39, 0.29) is 23.1 Å². The molecule has 0 N–H and O–H groups in total. The number of rotatable bonds is 1. The number of benzene rings is 1. The lowest BCUT2D eigenvalue weighted by Crippen LogP contribution is -2.36. The van der Waals surface area contributed by atoms with E-state index in [1.165, 1.54) is 10.6 Å². The average molecular weight is 411 g/mol. The lowest BCUT2D eigenvalue weighted by atomic mass is 10.1. The van der Waals surface area contributed by atoms with Gasteiger partial charge >= 0.3 is 6.09 Å². The Morgan fingerprint density at radius 3 is 2.76 bits per heavy atom. The van der Waals surface area contributed by atoms with Crippen LogP contribution < -0.4 is 5.56 Å². The van der Waals surface area contributed by atoms with Crippen molar-refractivity contribution < 1.29 is 13.9 Å². The molecule has 0 radical (unpaired) electrons. The van der Waals surface area contributed by atoms with Crippen molar-refractivity contribution in [3.05, 3.63) is 45.0 Å². The number of ether oxygens (including phenoxy) is 1. The van der Waals surface area contributed by atoms with Crippen molar-refractivity contribution in [1.82, 2.24) is 9.47 Å². The fraction of sp³-hybridized carbons (Fsp3) is 0.444. The van der Waals surface area contributed by atoms with Crippen LogP contribution in [0.5, 0.6) is 0 Å². The molecule has 3 rings (SSSR count). The molecule has 1 aromatic heterocycles. The normalized spacial score (nSPS) is 18.0. The predicted octanol–water partition coefficient (Wildman–Crippen LogP) is 4.09. The minimum Gasteiger partial charge on any atom is -0.444 e. The summed E-state index contributed by atoms with van der Waals surface area (Å²) in [5.74, 6) is -0.550. The van der Waals surface area contributed by atoms with Gasteiger partial charge in [-0.1, -0.05) is 15.9 Å². The monoisotopic (exact) mass is 410 g/mol. The van der Waals surface area contributed by atoms with E-state index < -0.39 is 11.4 Å². The third-order valence-corrected chi connectivity index (χ3v) is 4.61. The molecule has 25 heavy (non-hydrogen) atoms. The maximum Gasteiger partial charge on any atom is 0.410 e. The lowest BCUT2D eigenvalue weighted by Gasteiger charge is -2.24. The van der Waals surface area contributed by atoms with Gasteiger partial charge < -0.3 is 14.2 Å². The lowest BCUT2D eigenvalue weighted by molar-refractivity contribution is 0.0289. The molecule has 5 nitrogen and oxygen atoms in total. The molecule has 1 fully saturated rings. The van der Waals surface area contributed by atoms with Crippen LogP contribution in [0.1, 0.15) is 33.2 Å². The van der Waals surface area contributed by atoms with Gasteiger partial charge in [-0.2, -0.15) is 0 Å². The van der Waals surface area contributed by atoms with Gasteiger partial charge in [-0.05, 0) is 50.8 Å². The van der Waals surface area contributed by atoms with Crippen LogP contribution in [0, 0.1) is 5.82 Å². The summed E-state index contributed by atoms with van der Waals surface area (Å²) in [6.45, 7) is 6.32. The fourth-order valence-electron chi connectivity index (χ4n) is 3.06. The molecule has 1 aromatic carbocycles. The van der Waals surface area contributed by atoms with Crippen LogP contribution in [0.3, 0.4) is 0 Å². The highest BCUT2D eigenvalue weighted by atomic mass is 79.9. The summed E-state index contributed by atoms with van der Waals surface area (Å²) in [6.07, 6.45) is 1.90. The minimum atomic E-state index is -0.564. The number of aromatic nitrogens is 1. The third-order valence-electron chi connectivity index (χ3n) is 4.16. The first-order valence-electron chi connectivity index (χ1n) is 8.13. The van der Waals surface area contributed by atoms with E-state index >= 15 is 0 Å². The molecule has 1 atom stereocenters. The van der Waals surface area contributed by atoms with Crippen LogP contribution in [-0.4, -0.2) is 34.3 Å². The largest absolute Gasteiger partial charge is 0.444 e. The van der Waals surface area contributed by atoms with E-state index in [1.807, 2.05) is 20.8 Å². The quantitative estimate of drug-likeness (QED) is 0.711. The number of carbonyl (C=O) groups is 1. The van der Waals surface area contributed by atoms with Crippen LogP contribution in [0.4, 0.5) is 9.18 Å². The topological polar surface area (TPSA) is 51.5 Å². The highest BCUT2D eigenvalue weighted by Crippen LogP contribution is 2.25. The average Bonchev–Trinajstić information content (AvgIpc) is 2.94. The first kappa shape index (κ1) is 17.9. The van der Waals surface area contributed by atoms with Crippen molar-refractivity contribution in [3.8, 4) is 0 Å². The number of pyridine rings is 1. The number of nitrogens with zero attached hydrogens (tertiary/aromatic N) is 2. The van der Waals surface area contributed by atoms with Crippen LogP contribution >= 0.6 is 15.9 Å². The summed E-state index contributed by atoms with van der Waals surface area (Å²) in [5, 5.41) is 0.622. The minimum absolute atomic E-state index is 0.0708. The second-order valence-corrected chi connectivity index (χ2v) is 8.16. The van der Waals surface area contributed by atoms with Gasteiger partial charge in [0.05, 0.1) is 11.4 Å². The van der Waals surface area contributed by atoms with Crippen molar-refractivity contribution in [2.75, 3.05) is 13.1 Å². The van der Waals surface area contributed by atoms with Gasteiger partial charge in [-0.25, -0.2) is 9.18 Å². The molecule has 2 heterocycles. The molecule has 1 saturated heterocycles. The molecule has 1 amide bonds. The summed E-state index contributed by atoms with van der Waals surface area (Å²) in [4.78, 5) is 26.5. The van der Waals surface area contributed by atoms with Gasteiger partial charge in [-0.15, -0.1) is 0 Å². The summed E-state index contributed by atoms with van der Waals surface area (Å²) in [7, 11) is 0. The van der Waals surface area contributed by atoms with E-state index in [9.17, 15) is 14.0 Å². The van der Waals surface area contributed by atoms with Crippen molar-refractivity contribution in [2.24, 2.45) is 0 Å². The number of hydrogen-bond donors (Lipinski definition) is 0. The summed E-state index contributed by atoms with van der Waals surface area (Å²) >= 11 is 3.23. The van der Waals surface area contributed by atoms with Crippen LogP contribution in [-0.2, 0) is 4.74 Å². The molecule has 0 spiro atoms. The molecule has 1 aliphatic heterocycles. The van der Waals surface area contributed by atoms with Gasteiger partial charge in [-0.3, -0.25) is 4.79 Å². The molecule has 134 valence electrons. The maximum absolute atomic E-state index is 14.2. The summed E-state index contributed by atoms with van der Waals surface area (Å²) < 4.78 is 21.7. The number of fused-ring (bicyclic) bond motifs is 1. The smallest absolute Gasteiger partial charge is 0.410 e. The van der Waals surface area contributed by atoms with Gasteiger partial charge in [0.2, 0.25) is 0 Å². The zero-order valence-electron chi connectivity index (χ0n) is 14.4. The SMILES string of the molecule is CC(C)(C)OC(=O)N1CCC(n2ccc3cc(Br)cc(F)c3c2=O)C1. The summed E-state index contributed by atoms with van der Waals surface area (Å²) in [5.41, 5.74) is -0.940. The van der Waals surface area contributed by atoms with Crippen LogP contribution in [0.15, 0.2) is 33.7 Å².